The number of non-ortho nitro benzene ring substituents is 2. The largest absolute Gasteiger partial charge is 0.457 e. The molecule has 14 nitrogen and oxygen atoms in total. The topological polar surface area (TPSA) is 207 Å². The van der Waals surface area contributed by atoms with E-state index in [0.29, 0.717) is 5.56 Å². The highest BCUT2D eigenvalue weighted by molar-refractivity contribution is 7.91. The Hall–Kier alpha value is -5.48. The first-order chi connectivity index (χ1) is 23.4. The summed E-state index contributed by atoms with van der Waals surface area (Å²) in [4.78, 5) is 43.4. The summed E-state index contributed by atoms with van der Waals surface area (Å²) in [6.45, 7) is 6.01. The van der Waals surface area contributed by atoms with Crippen molar-refractivity contribution in [3.05, 3.63) is 140 Å². The van der Waals surface area contributed by atoms with E-state index >= 15 is 0 Å². The summed E-state index contributed by atoms with van der Waals surface area (Å²) in [6, 6.07) is 23.3. The highest BCUT2D eigenvalue weighted by Crippen LogP contribution is 2.27. The molecule has 0 amide bonds. The molecule has 0 radical (unpaired) electrons. The van der Waals surface area contributed by atoms with Crippen LogP contribution in [0.25, 0.3) is 0 Å². The first-order valence-electron chi connectivity index (χ1n) is 14.8. The third-order valence-electron chi connectivity index (χ3n) is 7.05. The molecule has 264 valence electrons. The number of ether oxygens (including phenoxy) is 2. The van der Waals surface area contributed by atoms with Gasteiger partial charge in [-0.3, -0.25) is 29.8 Å². The van der Waals surface area contributed by atoms with E-state index in [1.165, 1.54) is 79.7 Å². The van der Waals surface area contributed by atoms with Gasteiger partial charge >= 0.3 is 11.9 Å². The number of sulfone groups is 2. The zero-order chi connectivity index (χ0) is 37.2. The lowest BCUT2D eigenvalue weighted by Crippen LogP contribution is -2.19. The van der Waals surface area contributed by atoms with Crippen LogP contribution in [0, 0.1) is 34.1 Å². The number of nitro benzene ring substituents is 2. The molecule has 2 atom stereocenters. The van der Waals surface area contributed by atoms with Crippen LogP contribution in [-0.4, -0.2) is 50.1 Å². The van der Waals surface area contributed by atoms with Crippen LogP contribution >= 0.6 is 0 Å². The molecule has 0 aliphatic rings. The molecule has 0 N–H and O–H groups in total. The van der Waals surface area contributed by atoms with Crippen molar-refractivity contribution in [2.75, 3.05) is 11.5 Å². The highest BCUT2D eigenvalue weighted by atomic mass is 32.2. The van der Waals surface area contributed by atoms with Gasteiger partial charge in [-0.2, -0.15) is 0 Å². The van der Waals surface area contributed by atoms with Gasteiger partial charge in [0.05, 0.1) is 31.1 Å². The van der Waals surface area contributed by atoms with Gasteiger partial charge < -0.3 is 9.47 Å². The molecule has 0 aliphatic carbocycles. The van der Waals surface area contributed by atoms with Crippen molar-refractivity contribution in [3.8, 4) is 0 Å². The quantitative estimate of drug-likeness (QED) is 0.0941. The molecule has 0 heterocycles. The molecule has 0 saturated heterocycles. The maximum atomic E-state index is 12.6. The fraction of sp³-hybridized carbons (Fsp3) is 0.235. The Morgan fingerprint density at radius 2 is 1.00 bits per heavy atom. The molecule has 2 unspecified atom stereocenters. The maximum absolute atomic E-state index is 12.6. The fourth-order valence-electron chi connectivity index (χ4n) is 4.53. The lowest BCUT2D eigenvalue weighted by molar-refractivity contribution is -0.385. The van der Waals surface area contributed by atoms with Gasteiger partial charge in [-0.05, 0) is 55.8 Å². The molecule has 0 aliphatic heterocycles. The van der Waals surface area contributed by atoms with Gasteiger partial charge in [0, 0.05) is 43.7 Å². The summed E-state index contributed by atoms with van der Waals surface area (Å²) in [5.41, 5.74) is 2.12. The van der Waals surface area contributed by atoms with Crippen molar-refractivity contribution in [2.24, 2.45) is 0 Å². The fourth-order valence-corrected chi connectivity index (χ4v) is 7.33. The lowest BCUT2D eigenvalue weighted by atomic mass is 10.1. The van der Waals surface area contributed by atoms with E-state index in [1.54, 1.807) is 24.3 Å². The SMILES string of the molecule is CC(=O)OC(CS(=O)(=O)c1ccc(C)cc1)c1ccc([N+](=O)[O-])cc1.CC(=O)OC(CS(=O)(=O)c1ccc(C)cc1)c1cccc([N+](=O)[O-])c1. The average Bonchev–Trinajstić information content (AvgIpc) is 3.04. The van der Waals surface area contributed by atoms with Crippen LogP contribution in [0.4, 0.5) is 11.4 Å². The Balaban J connectivity index is 0.000000270. The van der Waals surface area contributed by atoms with Gasteiger partial charge in [-0.1, -0.05) is 47.5 Å². The number of hydrogen-bond donors (Lipinski definition) is 0. The number of nitrogens with zero attached hydrogens (tertiary/aromatic N) is 2. The molecule has 0 fully saturated rings. The third kappa shape index (κ3) is 11.3. The third-order valence-corrected chi connectivity index (χ3v) is 10.5. The predicted molar refractivity (Wildman–Crippen MR) is 182 cm³/mol. The summed E-state index contributed by atoms with van der Waals surface area (Å²) in [7, 11) is -7.46. The van der Waals surface area contributed by atoms with Crippen molar-refractivity contribution in [2.45, 2.75) is 49.7 Å². The van der Waals surface area contributed by atoms with Gasteiger partial charge in [0.15, 0.2) is 19.7 Å². The van der Waals surface area contributed by atoms with Crippen molar-refractivity contribution in [1.82, 2.24) is 0 Å². The van der Waals surface area contributed by atoms with Crippen LogP contribution in [0.5, 0.6) is 0 Å². The number of hydrogen-bond acceptors (Lipinski definition) is 12. The van der Waals surface area contributed by atoms with Crippen LogP contribution < -0.4 is 0 Å². The minimum Gasteiger partial charge on any atom is -0.457 e. The van der Waals surface area contributed by atoms with Gasteiger partial charge in [-0.25, -0.2) is 16.8 Å². The predicted octanol–water partition coefficient (Wildman–Crippen LogP) is 5.96. The van der Waals surface area contributed by atoms with E-state index in [4.69, 9.17) is 9.47 Å². The Bertz CT molecular complexity index is 2060. The van der Waals surface area contributed by atoms with Gasteiger partial charge in [-0.15, -0.1) is 0 Å². The highest BCUT2D eigenvalue weighted by Gasteiger charge is 2.27. The van der Waals surface area contributed by atoms with Crippen molar-refractivity contribution in [1.29, 1.82) is 0 Å². The molecule has 0 saturated carbocycles. The monoisotopic (exact) mass is 726 g/mol. The van der Waals surface area contributed by atoms with Gasteiger partial charge in [0.1, 0.15) is 12.2 Å². The second-order valence-corrected chi connectivity index (χ2v) is 15.2. The van der Waals surface area contributed by atoms with Crippen LogP contribution in [0.1, 0.15) is 48.3 Å². The number of esters is 2. The molecular formula is C34H34N2O12S2. The zero-order valence-electron chi connectivity index (χ0n) is 27.4. The second kappa shape index (κ2) is 16.8. The molecule has 0 bridgehead atoms. The molecule has 4 rings (SSSR count). The first kappa shape index (κ1) is 39.0. The first-order valence-corrected chi connectivity index (χ1v) is 18.1. The minimum atomic E-state index is -3.75. The number of nitro groups is 2. The van der Waals surface area contributed by atoms with Crippen LogP contribution in [0.2, 0.25) is 0 Å². The van der Waals surface area contributed by atoms with E-state index in [1.807, 2.05) is 13.8 Å². The van der Waals surface area contributed by atoms with Crippen LogP contribution in [0.15, 0.2) is 107 Å². The molecule has 4 aromatic rings. The standard InChI is InChI=1S/2C17H17NO6S/c1-12-3-9-16(10-4-12)25(22,23)11-17(24-13(2)19)14-5-7-15(8-6-14)18(20)21;1-12-6-8-16(9-7-12)25(22,23)11-17(24-13(2)19)14-4-3-5-15(10-14)18(20)21/h2*3-10,17H,11H2,1-2H3. The Morgan fingerprint density at radius 1 is 0.600 bits per heavy atom. The van der Waals surface area contributed by atoms with Crippen LogP contribution in [0.3, 0.4) is 0 Å². The van der Waals surface area contributed by atoms with E-state index in [2.05, 4.69) is 0 Å². The Labute approximate surface area is 288 Å². The normalized spacial score (nSPS) is 12.4. The molecule has 16 heteroatoms. The van der Waals surface area contributed by atoms with E-state index in [9.17, 15) is 46.7 Å². The Morgan fingerprint density at radius 3 is 1.38 bits per heavy atom. The van der Waals surface area contributed by atoms with E-state index in [0.717, 1.165) is 18.1 Å². The maximum Gasteiger partial charge on any atom is 0.303 e. The summed E-state index contributed by atoms with van der Waals surface area (Å²) in [5.74, 6) is -2.26. The number of aryl methyl sites for hydroxylation is 2. The molecule has 0 spiro atoms. The van der Waals surface area contributed by atoms with E-state index in [-0.39, 0.29) is 26.7 Å². The average molecular weight is 727 g/mol. The van der Waals surface area contributed by atoms with Crippen molar-refractivity contribution in [3.63, 3.8) is 0 Å². The zero-order valence-corrected chi connectivity index (χ0v) is 29.0. The summed E-state index contributed by atoms with van der Waals surface area (Å²) in [6.07, 6.45) is -2.19. The number of benzene rings is 4. The second-order valence-electron chi connectivity index (χ2n) is 11.1. The summed E-state index contributed by atoms with van der Waals surface area (Å²) >= 11 is 0. The smallest absolute Gasteiger partial charge is 0.303 e. The lowest BCUT2D eigenvalue weighted by Gasteiger charge is -2.17. The van der Waals surface area contributed by atoms with Gasteiger partial charge in [0.25, 0.3) is 11.4 Å². The number of carbonyl (C=O) groups is 2. The van der Waals surface area contributed by atoms with Crippen molar-refractivity contribution < 1.29 is 45.7 Å². The van der Waals surface area contributed by atoms with Crippen LogP contribution in [-0.2, 0) is 38.7 Å². The number of carbonyl (C=O) groups excluding carboxylic acids is 2. The number of rotatable bonds is 12. The van der Waals surface area contributed by atoms with Gasteiger partial charge in [0.2, 0.25) is 0 Å². The molecule has 50 heavy (non-hydrogen) atoms. The van der Waals surface area contributed by atoms with Crippen molar-refractivity contribution >= 4 is 43.0 Å². The summed E-state index contributed by atoms with van der Waals surface area (Å²) < 4.78 is 60.6. The Kier molecular flexibility index (Phi) is 13.1. The summed E-state index contributed by atoms with van der Waals surface area (Å²) in [5, 5.41) is 21.6. The molecule has 0 aromatic heterocycles. The minimum absolute atomic E-state index is 0.0979. The molecule has 4 aromatic carbocycles. The molecular weight excluding hydrogens is 693 g/mol. The van der Waals surface area contributed by atoms with E-state index < -0.39 is 65.2 Å².